The molecule has 0 radical (unpaired) electrons. The number of halogens is 1. The molecular formula is C15H14FN3O4. The molecule has 23 heavy (non-hydrogen) atoms. The normalized spacial score (nSPS) is 16.5. The molecule has 120 valence electrons. The van der Waals surface area contributed by atoms with Crippen LogP contribution in [-0.4, -0.2) is 41.4 Å². The van der Waals surface area contributed by atoms with E-state index in [4.69, 9.17) is 4.74 Å². The number of methoxy groups -OCH3 is 1. The summed E-state index contributed by atoms with van der Waals surface area (Å²) in [6, 6.07) is 5.34. The van der Waals surface area contributed by atoms with Gasteiger partial charge in [0.1, 0.15) is 11.6 Å². The molecule has 0 N–H and O–H groups in total. The monoisotopic (exact) mass is 319 g/mol. The second-order valence-electron chi connectivity index (χ2n) is 5.03. The summed E-state index contributed by atoms with van der Waals surface area (Å²) >= 11 is 0. The molecule has 0 saturated heterocycles. The molecule has 1 aromatic carbocycles. The van der Waals surface area contributed by atoms with Gasteiger partial charge in [0.05, 0.1) is 19.3 Å². The quantitative estimate of drug-likeness (QED) is 0.776. The Morgan fingerprint density at radius 1 is 1.39 bits per heavy atom. The van der Waals surface area contributed by atoms with Crippen LogP contribution in [0.2, 0.25) is 0 Å². The second-order valence-corrected chi connectivity index (χ2v) is 5.03. The highest BCUT2D eigenvalue weighted by atomic mass is 19.1. The predicted molar refractivity (Wildman–Crippen MR) is 77.7 cm³/mol. The third-order valence-electron chi connectivity index (χ3n) is 3.47. The van der Waals surface area contributed by atoms with Crippen LogP contribution in [0.25, 0.3) is 0 Å². The van der Waals surface area contributed by atoms with Gasteiger partial charge in [-0.15, -0.1) is 0 Å². The van der Waals surface area contributed by atoms with Crippen molar-refractivity contribution in [3.8, 4) is 5.75 Å². The predicted octanol–water partition coefficient (Wildman–Crippen LogP) is 1.14. The first kappa shape index (κ1) is 15.0. The number of aryl methyl sites for hydroxylation is 1. The number of hydrogen-bond acceptors (Lipinski definition) is 5. The Balaban J connectivity index is 2.01. The number of anilines is 1. The van der Waals surface area contributed by atoms with Crippen LogP contribution in [0.3, 0.4) is 0 Å². The van der Waals surface area contributed by atoms with E-state index in [1.165, 1.54) is 28.8 Å². The number of carbonyl (C=O) groups excluding carboxylic acids is 2. The van der Waals surface area contributed by atoms with Gasteiger partial charge in [-0.25, -0.2) is 9.18 Å². The van der Waals surface area contributed by atoms with E-state index < -0.39 is 23.8 Å². The van der Waals surface area contributed by atoms with E-state index in [-0.39, 0.29) is 18.0 Å². The first-order valence-corrected chi connectivity index (χ1v) is 6.85. The van der Waals surface area contributed by atoms with Crippen LogP contribution in [0, 0.1) is 5.82 Å². The Kier molecular flexibility index (Phi) is 3.73. The van der Waals surface area contributed by atoms with Crippen LogP contribution < -0.4 is 9.64 Å². The highest BCUT2D eigenvalue weighted by molar-refractivity contribution is 6.06. The molecule has 3 rings (SSSR count). The fourth-order valence-corrected chi connectivity index (χ4v) is 2.37. The maximum atomic E-state index is 13.4. The fourth-order valence-electron chi connectivity index (χ4n) is 2.37. The highest BCUT2D eigenvalue weighted by Gasteiger charge is 2.35. The molecule has 0 bridgehead atoms. The fraction of sp³-hybridized carbons (Fsp3) is 0.267. The van der Waals surface area contributed by atoms with Crippen molar-refractivity contribution in [1.82, 2.24) is 9.78 Å². The van der Waals surface area contributed by atoms with Crippen molar-refractivity contribution in [2.75, 3.05) is 18.6 Å². The standard InChI is InChI=1S/C15H14FN3O4/c1-18-6-5-10(17-18)14(20)19-8-13(15(21)22-2)23-12-7-9(16)3-4-11(12)19/h3-7,13H,8H2,1-2H3. The Morgan fingerprint density at radius 2 is 2.17 bits per heavy atom. The largest absolute Gasteiger partial charge is 0.475 e. The molecular weight excluding hydrogens is 305 g/mol. The van der Waals surface area contributed by atoms with Crippen molar-refractivity contribution in [1.29, 1.82) is 0 Å². The number of esters is 1. The van der Waals surface area contributed by atoms with E-state index in [9.17, 15) is 14.0 Å². The smallest absolute Gasteiger partial charge is 0.348 e. The average molecular weight is 319 g/mol. The number of benzene rings is 1. The lowest BCUT2D eigenvalue weighted by atomic mass is 10.1. The maximum Gasteiger partial charge on any atom is 0.348 e. The molecule has 1 aliphatic heterocycles. The van der Waals surface area contributed by atoms with Gasteiger partial charge in [-0.3, -0.25) is 14.4 Å². The van der Waals surface area contributed by atoms with Gasteiger partial charge >= 0.3 is 5.97 Å². The minimum atomic E-state index is -1.03. The van der Waals surface area contributed by atoms with Crippen LogP contribution in [0.4, 0.5) is 10.1 Å². The molecule has 1 aromatic heterocycles. The number of fused-ring (bicyclic) bond motifs is 1. The lowest BCUT2D eigenvalue weighted by molar-refractivity contribution is -0.148. The number of amides is 1. The van der Waals surface area contributed by atoms with Crippen molar-refractivity contribution in [3.05, 3.63) is 42.0 Å². The Morgan fingerprint density at radius 3 is 2.83 bits per heavy atom. The van der Waals surface area contributed by atoms with Gasteiger partial charge < -0.3 is 9.47 Å². The Labute approximate surface area is 131 Å². The minimum absolute atomic E-state index is 0.0410. The molecule has 0 spiro atoms. The van der Waals surface area contributed by atoms with Crippen molar-refractivity contribution in [2.45, 2.75) is 6.10 Å². The highest BCUT2D eigenvalue weighted by Crippen LogP contribution is 2.35. The van der Waals surface area contributed by atoms with Gasteiger partial charge in [0.2, 0.25) is 6.10 Å². The van der Waals surface area contributed by atoms with Crippen LogP contribution in [0.5, 0.6) is 5.75 Å². The van der Waals surface area contributed by atoms with E-state index in [0.717, 1.165) is 6.07 Å². The first-order valence-electron chi connectivity index (χ1n) is 6.85. The molecule has 1 aliphatic rings. The van der Waals surface area contributed by atoms with Crippen LogP contribution in [0.15, 0.2) is 30.5 Å². The van der Waals surface area contributed by atoms with E-state index in [1.54, 1.807) is 19.3 Å². The molecule has 1 atom stereocenters. The molecule has 1 unspecified atom stereocenters. The number of carbonyl (C=O) groups is 2. The van der Waals surface area contributed by atoms with Gasteiger partial charge in [0.25, 0.3) is 5.91 Å². The zero-order valence-corrected chi connectivity index (χ0v) is 12.5. The molecule has 1 amide bonds. The van der Waals surface area contributed by atoms with Crippen molar-refractivity contribution < 1.29 is 23.5 Å². The lowest BCUT2D eigenvalue weighted by Gasteiger charge is -2.33. The van der Waals surface area contributed by atoms with Gasteiger partial charge in [-0.05, 0) is 18.2 Å². The summed E-state index contributed by atoms with van der Waals surface area (Å²) in [6.07, 6.45) is 0.610. The van der Waals surface area contributed by atoms with Gasteiger partial charge in [-0.2, -0.15) is 5.10 Å². The second kappa shape index (κ2) is 5.71. The topological polar surface area (TPSA) is 73.7 Å². The van der Waals surface area contributed by atoms with Gasteiger partial charge in [0.15, 0.2) is 5.69 Å². The van der Waals surface area contributed by atoms with Crippen molar-refractivity contribution >= 4 is 17.6 Å². The van der Waals surface area contributed by atoms with Crippen LogP contribution >= 0.6 is 0 Å². The number of ether oxygens (including phenoxy) is 2. The van der Waals surface area contributed by atoms with E-state index in [1.807, 2.05) is 0 Å². The molecule has 0 aliphatic carbocycles. The van der Waals surface area contributed by atoms with Crippen LogP contribution in [-0.2, 0) is 16.6 Å². The number of rotatable bonds is 2. The molecule has 7 nitrogen and oxygen atoms in total. The molecule has 0 fully saturated rings. The summed E-state index contributed by atoms with van der Waals surface area (Å²) in [6.45, 7) is -0.0410. The summed E-state index contributed by atoms with van der Waals surface area (Å²) < 4.78 is 25.1. The SMILES string of the molecule is COC(=O)C1CN(C(=O)c2ccn(C)n2)c2ccc(F)cc2O1. The minimum Gasteiger partial charge on any atom is -0.475 e. The summed E-state index contributed by atoms with van der Waals surface area (Å²) in [5.74, 6) is -1.47. The summed E-state index contributed by atoms with van der Waals surface area (Å²) in [5.41, 5.74) is 0.593. The first-order chi connectivity index (χ1) is 11.0. The summed E-state index contributed by atoms with van der Waals surface area (Å²) in [4.78, 5) is 25.8. The van der Waals surface area contributed by atoms with E-state index in [0.29, 0.717) is 5.69 Å². The third kappa shape index (κ3) is 2.75. The summed E-state index contributed by atoms with van der Waals surface area (Å²) in [7, 11) is 2.91. The van der Waals surface area contributed by atoms with Gasteiger partial charge in [-0.1, -0.05) is 0 Å². The molecule has 0 saturated carbocycles. The number of hydrogen-bond donors (Lipinski definition) is 0. The van der Waals surface area contributed by atoms with E-state index in [2.05, 4.69) is 9.84 Å². The van der Waals surface area contributed by atoms with Crippen molar-refractivity contribution in [2.24, 2.45) is 7.05 Å². The molecule has 8 heteroatoms. The zero-order chi connectivity index (χ0) is 16.6. The Bertz CT molecular complexity index is 774. The number of aromatic nitrogens is 2. The molecule has 2 aromatic rings. The van der Waals surface area contributed by atoms with E-state index >= 15 is 0 Å². The number of nitrogens with zero attached hydrogens (tertiary/aromatic N) is 3. The average Bonchev–Trinajstić information content (AvgIpc) is 2.98. The van der Waals surface area contributed by atoms with Crippen LogP contribution in [0.1, 0.15) is 10.5 Å². The third-order valence-corrected chi connectivity index (χ3v) is 3.47. The molecule has 2 heterocycles. The summed E-state index contributed by atoms with van der Waals surface area (Å²) in [5, 5.41) is 4.06. The maximum absolute atomic E-state index is 13.4. The zero-order valence-electron chi connectivity index (χ0n) is 12.5. The van der Waals surface area contributed by atoms with Gasteiger partial charge in [0, 0.05) is 19.3 Å². The Hall–Kier alpha value is -2.90. The lowest BCUT2D eigenvalue weighted by Crippen LogP contribution is -2.47. The van der Waals surface area contributed by atoms with Crippen molar-refractivity contribution in [3.63, 3.8) is 0 Å².